The van der Waals surface area contributed by atoms with Gasteiger partial charge in [0.15, 0.2) is 0 Å². The minimum atomic E-state index is -0.661. The highest BCUT2D eigenvalue weighted by Gasteiger charge is 2.10. The number of hydrogen-bond donors (Lipinski definition) is 2. The number of rotatable bonds is 4. The minimum Gasteiger partial charge on any atom is -0.368 e. The first-order chi connectivity index (χ1) is 12.5. The third kappa shape index (κ3) is 11.9. The summed E-state index contributed by atoms with van der Waals surface area (Å²) in [5.74, 6) is -0.497. The number of benzene rings is 1. The molecule has 4 N–H and O–H groups in total. The van der Waals surface area contributed by atoms with E-state index in [4.69, 9.17) is 11.5 Å². The molecule has 0 saturated carbocycles. The average molecular weight is 376 g/mol. The molecule has 1 aromatic carbocycles. The van der Waals surface area contributed by atoms with Gasteiger partial charge in [-0.1, -0.05) is 85.7 Å². The number of nitrogens with two attached hydrogens (primary N) is 2. The van der Waals surface area contributed by atoms with Gasteiger partial charge in [0.1, 0.15) is 0 Å². The topological polar surface area (TPSA) is 82.0 Å². The number of aryl methyl sites for hydroxylation is 1. The van der Waals surface area contributed by atoms with Crippen molar-refractivity contribution in [3.05, 3.63) is 53.7 Å². The van der Waals surface area contributed by atoms with E-state index in [2.05, 4.69) is 18.8 Å². The van der Waals surface area contributed by atoms with Crippen LogP contribution in [0.15, 0.2) is 42.6 Å². The molecule has 0 fully saturated rings. The van der Waals surface area contributed by atoms with Gasteiger partial charge in [0.05, 0.1) is 11.7 Å². The summed E-state index contributed by atoms with van der Waals surface area (Å²) in [7, 11) is 0. The molecule has 0 spiro atoms. The Bertz CT molecular complexity index is 595. The Morgan fingerprint density at radius 3 is 1.96 bits per heavy atom. The quantitative estimate of drug-likeness (QED) is 0.738. The fourth-order valence-corrected chi connectivity index (χ4v) is 1.92. The maximum absolute atomic E-state index is 10.9. The van der Waals surface area contributed by atoms with Crippen molar-refractivity contribution in [1.82, 2.24) is 4.98 Å². The Hall–Kier alpha value is -2.20. The minimum absolute atomic E-state index is 0. The van der Waals surface area contributed by atoms with Crippen LogP contribution in [0.5, 0.6) is 0 Å². The molecular weight excluding hydrogens is 334 g/mol. The van der Waals surface area contributed by atoms with Crippen LogP contribution in [0.25, 0.3) is 11.3 Å². The number of carbonyl (C=O) groups is 1. The average Bonchev–Trinajstić information content (AvgIpc) is 2.67. The molecule has 1 amide bonds. The van der Waals surface area contributed by atoms with Crippen molar-refractivity contribution in [1.29, 1.82) is 0 Å². The molecule has 1 aromatic heterocycles. The second-order valence-electron chi connectivity index (χ2n) is 5.29. The van der Waals surface area contributed by atoms with Crippen molar-refractivity contribution in [3.8, 4) is 11.3 Å². The maximum Gasteiger partial charge on any atom is 0.234 e. The Morgan fingerprint density at radius 2 is 1.56 bits per heavy atom. The first kappa shape index (κ1) is 29.6. The molecule has 0 unspecified atom stereocenters. The van der Waals surface area contributed by atoms with Crippen LogP contribution < -0.4 is 11.5 Å². The number of pyridine rings is 1. The lowest BCUT2D eigenvalue weighted by molar-refractivity contribution is -0.119. The Labute approximate surface area is 167 Å². The Balaban J connectivity index is -0.000000639. The van der Waals surface area contributed by atoms with Gasteiger partial charge >= 0.3 is 0 Å². The smallest absolute Gasteiger partial charge is 0.234 e. The summed E-state index contributed by atoms with van der Waals surface area (Å²) in [5, 5.41) is 0. The summed E-state index contributed by atoms with van der Waals surface area (Å²) >= 11 is 0. The predicted molar refractivity (Wildman–Crippen MR) is 121 cm³/mol. The van der Waals surface area contributed by atoms with E-state index >= 15 is 0 Å². The van der Waals surface area contributed by atoms with Crippen molar-refractivity contribution < 1.29 is 4.79 Å². The van der Waals surface area contributed by atoms with Crippen LogP contribution in [0.2, 0.25) is 0 Å². The lowest BCUT2D eigenvalue weighted by atomic mass is 10.0. The van der Waals surface area contributed by atoms with E-state index in [1.807, 2.05) is 71.0 Å². The van der Waals surface area contributed by atoms with Crippen LogP contribution in [-0.4, -0.2) is 16.9 Å². The third-order valence-corrected chi connectivity index (χ3v) is 3.07. The molecule has 0 saturated heterocycles. The van der Waals surface area contributed by atoms with Gasteiger partial charge in [-0.15, -0.1) is 0 Å². The van der Waals surface area contributed by atoms with Gasteiger partial charge in [-0.25, -0.2) is 0 Å². The van der Waals surface area contributed by atoms with Crippen LogP contribution in [0, 0.1) is 6.92 Å². The fourth-order valence-electron chi connectivity index (χ4n) is 1.92. The molecule has 4 heteroatoms. The van der Waals surface area contributed by atoms with Crippen molar-refractivity contribution >= 4 is 5.91 Å². The lowest BCUT2D eigenvalue weighted by Crippen LogP contribution is -2.38. The van der Waals surface area contributed by atoms with Crippen molar-refractivity contribution in [2.75, 3.05) is 0 Å². The number of hydrogen-bond acceptors (Lipinski definition) is 3. The fraction of sp³-hybridized carbons (Fsp3) is 0.478. The number of nitrogens with zero attached hydrogens (tertiary/aromatic N) is 1. The number of primary amides is 1. The molecule has 2 rings (SSSR count). The predicted octanol–water partition coefficient (Wildman–Crippen LogP) is 5.52. The van der Waals surface area contributed by atoms with Gasteiger partial charge < -0.3 is 11.5 Å². The van der Waals surface area contributed by atoms with Gasteiger partial charge in [-0.05, 0) is 30.5 Å². The molecule has 27 heavy (non-hydrogen) atoms. The molecule has 2 aromatic rings. The summed E-state index contributed by atoms with van der Waals surface area (Å²) in [4.78, 5) is 15.3. The highest BCUT2D eigenvalue weighted by atomic mass is 16.1. The molecule has 1 heterocycles. The third-order valence-electron chi connectivity index (χ3n) is 3.07. The van der Waals surface area contributed by atoms with Crippen LogP contribution >= 0.6 is 0 Å². The van der Waals surface area contributed by atoms with Crippen LogP contribution in [-0.2, 0) is 11.2 Å². The summed E-state index contributed by atoms with van der Waals surface area (Å²) in [6.45, 7) is 14.3. The first-order valence-electron chi connectivity index (χ1n) is 9.55. The van der Waals surface area contributed by atoms with Crippen LogP contribution in [0.4, 0.5) is 0 Å². The SMILES string of the molecule is C.CC.CC.CCC.Cc1ccccc1-c1ccc(C[C@H](N)C(N)=O)cn1. The zero-order chi connectivity index (χ0) is 20.5. The van der Waals surface area contributed by atoms with Crippen molar-refractivity contribution in [2.24, 2.45) is 11.5 Å². The number of amides is 1. The van der Waals surface area contributed by atoms with E-state index in [1.54, 1.807) is 6.20 Å². The number of aromatic nitrogens is 1. The molecule has 0 aliphatic rings. The van der Waals surface area contributed by atoms with Gasteiger partial charge in [-0.2, -0.15) is 0 Å². The molecular formula is C23H41N3O. The van der Waals surface area contributed by atoms with Gasteiger partial charge in [0.2, 0.25) is 5.91 Å². The molecule has 4 nitrogen and oxygen atoms in total. The van der Waals surface area contributed by atoms with Crippen molar-refractivity contribution in [2.45, 2.75) is 74.8 Å². The number of carbonyl (C=O) groups excluding carboxylic acids is 1. The zero-order valence-corrected chi connectivity index (χ0v) is 17.5. The van der Waals surface area contributed by atoms with Gasteiger partial charge in [0, 0.05) is 11.8 Å². The van der Waals surface area contributed by atoms with Gasteiger partial charge in [-0.3, -0.25) is 9.78 Å². The van der Waals surface area contributed by atoms with E-state index in [0.717, 1.165) is 16.8 Å². The van der Waals surface area contributed by atoms with E-state index in [0.29, 0.717) is 6.42 Å². The van der Waals surface area contributed by atoms with E-state index < -0.39 is 11.9 Å². The zero-order valence-electron chi connectivity index (χ0n) is 17.5. The molecule has 154 valence electrons. The van der Waals surface area contributed by atoms with Crippen molar-refractivity contribution in [3.63, 3.8) is 0 Å². The Kier molecular flexibility index (Phi) is 20.3. The summed E-state index contributed by atoms with van der Waals surface area (Å²) in [5.41, 5.74) is 14.9. The van der Waals surface area contributed by atoms with Gasteiger partial charge in [0.25, 0.3) is 0 Å². The summed E-state index contributed by atoms with van der Waals surface area (Å²) in [6.07, 6.45) is 3.40. The Morgan fingerprint density at radius 1 is 1.04 bits per heavy atom. The monoisotopic (exact) mass is 375 g/mol. The molecule has 0 radical (unpaired) electrons. The van der Waals surface area contributed by atoms with E-state index in [-0.39, 0.29) is 7.43 Å². The summed E-state index contributed by atoms with van der Waals surface area (Å²) in [6, 6.07) is 11.3. The molecule has 0 aliphatic heterocycles. The molecule has 1 atom stereocenters. The highest BCUT2D eigenvalue weighted by Crippen LogP contribution is 2.21. The second-order valence-corrected chi connectivity index (χ2v) is 5.29. The standard InChI is InChI=1S/C15H17N3O.C3H8.2C2H6.CH4/c1-10-4-2-3-5-12(10)14-7-6-11(9-18-14)8-13(16)15(17)19;1-3-2;2*1-2;/h2-7,9,13H,8,16H2,1H3,(H2,17,19);3H2,1-2H3;2*1-2H3;1H4/t13-;;;;/m0..../s1. The maximum atomic E-state index is 10.9. The summed E-state index contributed by atoms with van der Waals surface area (Å²) < 4.78 is 0. The highest BCUT2D eigenvalue weighted by molar-refractivity contribution is 5.79. The molecule has 0 aliphatic carbocycles. The van der Waals surface area contributed by atoms with Crippen LogP contribution in [0.3, 0.4) is 0 Å². The van der Waals surface area contributed by atoms with E-state index in [9.17, 15) is 4.79 Å². The largest absolute Gasteiger partial charge is 0.368 e. The normalized spacial score (nSPS) is 9.63. The van der Waals surface area contributed by atoms with Crippen LogP contribution in [0.1, 0.15) is 66.5 Å². The molecule has 0 bridgehead atoms. The first-order valence-corrected chi connectivity index (χ1v) is 9.55. The lowest BCUT2D eigenvalue weighted by Gasteiger charge is -2.08. The van der Waals surface area contributed by atoms with E-state index in [1.165, 1.54) is 12.0 Å². The second kappa shape index (κ2) is 18.6.